The summed E-state index contributed by atoms with van der Waals surface area (Å²) < 4.78 is 16.4. The lowest BCUT2D eigenvalue weighted by molar-refractivity contribution is -0.146. The number of benzene rings is 4. The van der Waals surface area contributed by atoms with Crippen molar-refractivity contribution in [3.05, 3.63) is 133 Å². The van der Waals surface area contributed by atoms with Gasteiger partial charge in [0.1, 0.15) is 17.6 Å². The molecule has 0 saturated heterocycles. The van der Waals surface area contributed by atoms with E-state index in [9.17, 15) is 14.4 Å². The van der Waals surface area contributed by atoms with Gasteiger partial charge < -0.3 is 19.3 Å². The quantitative estimate of drug-likeness (QED) is 0.0979. The van der Waals surface area contributed by atoms with Gasteiger partial charge in [0.05, 0.1) is 12.2 Å². The van der Waals surface area contributed by atoms with E-state index >= 15 is 0 Å². The summed E-state index contributed by atoms with van der Waals surface area (Å²) in [5.41, 5.74) is 7.76. The number of ether oxygens (including phenoxy) is 3. The number of rotatable bonds is 11. The van der Waals surface area contributed by atoms with Crippen LogP contribution in [0, 0.1) is 0 Å². The van der Waals surface area contributed by atoms with Crippen molar-refractivity contribution in [2.45, 2.75) is 51.6 Å². The average Bonchev–Trinajstić information content (AvgIpc) is 3.12. The van der Waals surface area contributed by atoms with Gasteiger partial charge in [0.2, 0.25) is 0 Å². The first-order chi connectivity index (χ1) is 23.5. The predicted molar refractivity (Wildman–Crippen MR) is 191 cm³/mol. The lowest BCUT2D eigenvalue weighted by Crippen LogP contribution is -2.25. The fourth-order valence-corrected chi connectivity index (χ4v) is 5.77. The zero-order chi connectivity index (χ0) is 35.1. The number of carbonyl (C=O) groups is 3. The summed E-state index contributed by atoms with van der Waals surface area (Å²) in [6, 6.07) is 29.6. The molecular weight excluding hydrogens is 616 g/mol. The highest BCUT2D eigenvalue weighted by Crippen LogP contribution is 2.39. The lowest BCUT2D eigenvalue weighted by atomic mass is 9.82. The van der Waals surface area contributed by atoms with Crippen molar-refractivity contribution in [1.29, 1.82) is 0 Å². The molecule has 0 aliphatic heterocycles. The Morgan fingerprint density at radius 3 is 1.63 bits per heavy atom. The molecule has 250 valence electrons. The number of aliphatic hydroxyl groups excluding tert-OH is 1. The van der Waals surface area contributed by atoms with E-state index in [2.05, 4.69) is 56.1 Å². The monoisotopic (exact) mass is 656 g/mol. The van der Waals surface area contributed by atoms with Crippen molar-refractivity contribution in [2.24, 2.45) is 0 Å². The molecule has 7 nitrogen and oxygen atoms in total. The molecule has 4 aromatic rings. The lowest BCUT2D eigenvalue weighted by Gasteiger charge is -2.29. The highest BCUT2D eigenvalue weighted by Gasteiger charge is 2.26. The van der Waals surface area contributed by atoms with Crippen molar-refractivity contribution in [1.82, 2.24) is 0 Å². The van der Waals surface area contributed by atoms with Gasteiger partial charge in [-0.2, -0.15) is 0 Å². The fraction of sp³-hybridized carbons (Fsp3) is 0.214. The van der Waals surface area contributed by atoms with E-state index in [0.29, 0.717) is 28.6 Å². The summed E-state index contributed by atoms with van der Waals surface area (Å²) in [4.78, 5) is 36.2. The Morgan fingerprint density at radius 1 is 0.612 bits per heavy atom. The molecule has 0 unspecified atom stereocenters. The van der Waals surface area contributed by atoms with Crippen LogP contribution in [0.15, 0.2) is 127 Å². The normalized spacial score (nSPS) is 15.5. The van der Waals surface area contributed by atoms with Gasteiger partial charge in [-0.1, -0.05) is 86.5 Å². The molecule has 0 radical (unpaired) electrons. The summed E-state index contributed by atoms with van der Waals surface area (Å²) in [5.74, 6) is -0.258. The first kappa shape index (κ1) is 34.8. The third-order valence-electron chi connectivity index (χ3n) is 8.61. The van der Waals surface area contributed by atoms with Crippen LogP contribution in [0.25, 0.3) is 33.4 Å². The van der Waals surface area contributed by atoms with Crippen molar-refractivity contribution < 1.29 is 33.7 Å². The standard InChI is InChI=1S/C42H40O7/c1-26(2)40(44)47-35-18-14-31(15-19-35)29-6-10-33(11-7-29)38-23-22-37(49-41(45)27(3)4)24-39(38)34-12-8-30(9-13-34)32-16-20-36(21-17-32)48-42(46)28(5)25-43/h6-15,18-19,22-24,32,36,43H,1,3,5,16-17,20-21,25H2,2,4H3. The number of carbonyl (C=O) groups excluding carboxylic acids is 3. The van der Waals surface area contributed by atoms with Gasteiger partial charge in [0.15, 0.2) is 0 Å². The van der Waals surface area contributed by atoms with Crippen LogP contribution in [-0.2, 0) is 19.1 Å². The van der Waals surface area contributed by atoms with Gasteiger partial charge in [-0.05, 0) is 109 Å². The minimum atomic E-state index is -0.533. The summed E-state index contributed by atoms with van der Waals surface area (Å²) in [6.45, 7) is 13.7. The molecule has 0 spiro atoms. The molecule has 0 heterocycles. The molecule has 1 N–H and O–H groups in total. The summed E-state index contributed by atoms with van der Waals surface area (Å²) in [7, 11) is 0. The van der Waals surface area contributed by atoms with Gasteiger partial charge in [-0.25, -0.2) is 14.4 Å². The molecule has 4 aromatic carbocycles. The third-order valence-corrected chi connectivity index (χ3v) is 8.61. The molecule has 1 saturated carbocycles. The van der Waals surface area contributed by atoms with Gasteiger partial charge in [0, 0.05) is 11.1 Å². The first-order valence-electron chi connectivity index (χ1n) is 16.2. The zero-order valence-corrected chi connectivity index (χ0v) is 27.9. The molecule has 1 aliphatic rings. The van der Waals surface area contributed by atoms with Crippen molar-refractivity contribution in [3.63, 3.8) is 0 Å². The molecule has 49 heavy (non-hydrogen) atoms. The molecule has 0 aromatic heterocycles. The van der Waals surface area contributed by atoms with Gasteiger partial charge in [-0.15, -0.1) is 0 Å². The Labute approximate surface area is 287 Å². The van der Waals surface area contributed by atoms with E-state index in [1.165, 1.54) is 5.56 Å². The van der Waals surface area contributed by atoms with Crippen molar-refractivity contribution >= 4 is 17.9 Å². The third kappa shape index (κ3) is 8.69. The summed E-state index contributed by atoms with van der Waals surface area (Å²) in [5, 5.41) is 9.14. The average molecular weight is 657 g/mol. The van der Waals surface area contributed by atoms with E-state index in [1.54, 1.807) is 32.0 Å². The number of aliphatic hydroxyl groups is 1. The zero-order valence-electron chi connectivity index (χ0n) is 27.9. The van der Waals surface area contributed by atoms with Crippen LogP contribution in [0.4, 0.5) is 0 Å². The maximum atomic E-state index is 12.3. The second kappa shape index (κ2) is 15.6. The van der Waals surface area contributed by atoms with Crippen LogP contribution < -0.4 is 9.47 Å². The van der Waals surface area contributed by atoms with E-state index < -0.39 is 24.5 Å². The minimum Gasteiger partial charge on any atom is -0.459 e. The Bertz CT molecular complexity index is 1880. The number of esters is 3. The maximum absolute atomic E-state index is 12.3. The van der Waals surface area contributed by atoms with E-state index in [4.69, 9.17) is 19.3 Å². The van der Waals surface area contributed by atoms with Gasteiger partial charge in [-0.3, -0.25) is 0 Å². The van der Waals surface area contributed by atoms with Crippen LogP contribution in [0.1, 0.15) is 51.0 Å². The Morgan fingerprint density at radius 2 is 1.08 bits per heavy atom. The maximum Gasteiger partial charge on any atom is 0.338 e. The Balaban J connectivity index is 1.36. The molecule has 0 bridgehead atoms. The topological polar surface area (TPSA) is 99.1 Å². The second-order valence-corrected chi connectivity index (χ2v) is 12.4. The van der Waals surface area contributed by atoms with Gasteiger partial charge >= 0.3 is 17.9 Å². The molecule has 7 heteroatoms. The molecular formula is C42H40O7. The molecule has 1 fully saturated rings. The second-order valence-electron chi connectivity index (χ2n) is 12.4. The predicted octanol–water partition coefficient (Wildman–Crippen LogP) is 8.77. The summed E-state index contributed by atoms with van der Waals surface area (Å²) >= 11 is 0. The van der Waals surface area contributed by atoms with Crippen molar-refractivity contribution in [2.75, 3.05) is 6.61 Å². The van der Waals surface area contributed by atoms with Crippen LogP contribution >= 0.6 is 0 Å². The molecule has 0 atom stereocenters. The van der Waals surface area contributed by atoms with E-state index in [-0.39, 0.29) is 11.7 Å². The Kier molecular flexibility index (Phi) is 11.1. The molecule has 5 rings (SSSR count). The smallest absolute Gasteiger partial charge is 0.338 e. The van der Waals surface area contributed by atoms with Crippen LogP contribution in [0.2, 0.25) is 0 Å². The number of hydrogen-bond donors (Lipinski definition) is 1. The molecule has 1 aliphatic carbocycles. The van der Waals surface area contributed by atoms with Gasteiger partial charge in [0.25, 0.3) is 0 Å². The largest absolute Gasteiger partial charge is 0.459 e. The number of hydrogen-bond acceptors (Lipinski definition) is 7. The first-order valence-corrected chi connectivity index (χ1v) is 16.2. The van der Waals surface area contributed by atoms with Crippen LogP contribution in [-0.4, -0.2) is 35.7 Å². The van der Waals surface area contributed by atoms with Crippen LogP contribution in [0.3, 0.4) is 0 Å². The Hall–Kier alpha value is -5.53. The van der Waals surface area contributed by atoms with E-state index in [0.717, 1.165) is 59.1 Å². The highest BCUT2D eigenvalue weighted by atomic mass is 16.5. The fourth-order valence-electron chi connectivity index (χ4n) is 5.77. The molecule has 0 amide bonds. The van der Waals surface area contributed by atoms with Crippen molar-refractivity contribution in [3.8, 4) is 44.9 Å². The van der Waals surface area contributed by atoms with E-state index in [1.807, 2.05) is 36.4 Å². The SMILES string of the molecule is C=C(C)C(=O)Oc1ccc(-c2ccc(-c3ccc(OC(=O)C(=C)C)cc3-c3ccc(C4CCC(OC(=O)C(=C)CO)CC4)cc3)cc2)cc1. The highest BCUT2D eigenvalue weighted by molar-refractivity contribution is 5.91. The van der Waals surface area contributed by atoms with Crippen LogP contribution in [0.5, 0.6) is 11.5 Å². The minimum absolute atomic E-state index is 0.0709. The summed E-state index contributed by atoms with van der Waals surface area (Å²) in [6.07, 6.45) is 3.10.